The lowest BCUT2D eigenvalue weighted by Gasteiger charge is -2.10. The Labute approximate surface area is 140 Å². The van der Waals surface area contributed by atoms with Crippen LogP contribution in [-0.4, -0.2) is 22.5 Å². The van der Waals surface area contributed by atoms with E-state index in [9.17, 15) is 4.79 Å². The van der Waals surface area contributed by atoms with Crippen molar-refractivity contribution < 1.29 is 9.53 Å². The summed E-state index contributed by atoms with van der Waals surface area (Å²) in [5, 5.41) is 2.76. The number of hydrogen-bond donors (Lipinski definition) is 2. The van der Waals surface area contributed by atoms with Crippen LogP contribution in [0.4, 0.5) is 5.69 Å². The van der Waals surface area contributed by atoms with Crippen molar-refractivity contribution in [3.05, 3.63) is 66.6 Å². The van der Waals surface area contributed by atoms with Crippen molar-refractivity contribution >= 4 is 11.6 Å². The molecule has 0 saturated heterocycles. The number of carbonyl (C=O) groups is 1. The Balaban J connectivity index is 1.60. The lowest BCUT2D eigenvalue weighted by atomic mass is 10.1. The zero-order valence-corrected chi connectivity index (χ0v) is 13.5. The molecule has 0 aliphatic heterocycles. The second-order valence-electron chi connectivity index (χ2n) is 5.43. The summed E-state index contributed by atoms with van der Waals surface area (Å²) in [5.74, 6) is 0.750. The van der Waals surface area contributed by atoms with E-state index in [1.165, 1.54) is 6.92 Å². The molecule has 24 heavy (non-hydrogen) atoms. The number of rotatable bonds is 6. The van der Waals surface area contributed by atoms with Crippen LogP contribution >= 0.6 is 0 Å². The number of aromatic nitrogens is 2. The van der Waals surface area contributed by atoms with Crippen molar-refractivity contribution in [3.63, 3.8) is 0 Å². The Kier molecular flexibility index (Phi) is 4.91. The molecule has 3 rings (SSSR count). The molecule has 0 fully saturated rings. The Bertz CT molecular complexity index is 796. The van der Waals surface area contributed by atoms with Crippen LogP contribution in [0.5, 0.6) is 5.75 Å². The topological polar surface area (TPSA) is 67.0 Å². The molecule has 2 N–H and O–H groups in total. The first-order valence-electron chi connectivity index (χ1n) is 7.80. The molecule has 0 saturated carbocycles. The van der Waals surface area contributed by atoms with E-state index in [-0.39, 0.29) is 5.91 Å². The van der Waals surface area contributed by atoms with Gasteiger partial charge in [-0.05, 0) is 29.8 Å². The average molecular weight is 321 g/mol. The lowest BCUT2D eigenvalue weighted by Crippen LogP contribution is -2.06. The fourth-order valence-electron chi connectivity index (χ4n) is 2.45. The van der Waals surface area contributed by atoms with Crippen molar-refractivity contribution in [2.45, 2.75) is 13.3 Å². The van der Waals surface area contributed by atoms with Crippen molar-refractivity contribution in [1.82, 2.24) is 9.97 Å². The zero-order valence-electron chi connectivity index (χ0n) is 13.5. The molecule has 122 valence electrons. The van der Waals surface area contributed by atoms with Gasteiger partial charge in [0.05, 0.1) is 18.6 Å². The number of H-pyrrole nitrogens is 1. The Morgan fingerprint density at radius 2 is 1.96 bits per heavy atom. The number of imidazole rings is 1. The standard InChI is InChI=1S/C19H19N3O2/c1-14(23)22-16-8-6-15(7-9-16)10-11-24-19-5-3-2-4-17(19)18-12-20-13-21-18/h2-9,12-13H,10-11H2,1H3,(H,20,21)(H,22,23). The lowest BCUT2D eigenvalue weighted by molar-refractivity contribution is -0.114. The molecule has 0 radical (unpaired) electrons. The fourth-order valence-corrected chi connectivity index (χ4v) is 2.45. The predicted octanol–water partition coefficient (Wildman–Crippen LogP) is 3.66. The van der Waals surface area contributed by atoms with E-state index in [0.29, 0.717) is 6.61 Å². The molecule has 0 atom stereocenters. The van der Waals surface area contributed by atoms with Gasteiger partial charge in [0, 0.05) is 30.8 Å². The molecule has 2 aromatic carbocycles. The average Bonchev–Trinajstić information content (AvgIpc) is 3.11. The summed E-state index contributed by atoms with van der Waals surface area (Å²) >= 11 is 0. The summed E-state index contributed by atoms with van der Waals surface area (Å²) in [7, 11) is 0. The molecule has 0 spiro atoms. The molecule has 0 aliphatic carbocycles. The summed E-state index contributed by atoms with van der Waals surface area (Å²) in [4.78, 5) is 18.3. The third-order valence-corrected chi connectivity index (χ3v) is 3.58. The molecule has 1 amide bonds. The van der Waals surface area contributed by atoms with Gasteiger partial charge in [0.1, 0.15) is 5.75 Å². The van der Waals surface area contributed by atoms with Gasteiger partial charge in [0.25, 0.3) is 0 Å². The highest BCUT2D eigenvalue weighted by molar-refractivity contribution is 5.88. The van der Waals surface area contributed by atoms with Gasteiger partial charge in [-0.15, -0.1) is 0 Å². The maximum atomic E-state index is 11.0. The highest BCUT2D eigenvalue weighted by Gasteiger charge is 2.07. The molecule has 1 heterocycles. The number of benzene rings is 2. The van der Waals surface area contributed by atoms with Crippen LogP contribution in [0, 0.1) is 0 Å². The second-order valence-corrected chi connectivity index (χ2v) is 5.43. The maximum Gasteiger partial charge on any atom is 0.221 e. The van der Waals surface area contributed by atoms with Crippen LogP contribution in [0.2, 0.25) is 0 Å². The molecule has 5 nitrogen and oxygen atoms in total. The molecule has 0 aliphatic rings. The molecule has 3 aromatic rings. The van der Waals surface area contributed by atoms with Gasteiger partial charge in [0.15, 0.2) is 0 Å². The minimum atomic E-state index is -0.0685. The largest absolute Gasteiger partial charge is 0.493 e. The van der Waals surface area contributed by atoms with E-state index in [2.05, 4.69) is 15.3 Å². The first-order chi connectivity index (χ1) is 11.7. The van der Waals surface area contributed by atoms with Crippen molar-refractivity contribution in [1.29, 1.82) is 0 Å². The Morgan fingerprint density at radius 1 is 1.17 bits per heavy atom. The van der Waals surface area contributed by atoms with E-state index >= 15 is 0 Å². The monoisotopic (exact) mass is 321 g/mol. The number of hydrogen-bond acceptors (Lipinski definition) is 3. The van der Waals surface area contributed by atoms with E-state index in [1.807, 2.05) is 54.7 Å². The van der Waals surface area contributed by atoms with Crippen LogP contribution in [0.25, 0.3) is 11.3 Å². The van der Waals surface area contributed by atoms with Gasteiger partial charge in [0.2, 0.25) is 5.91 Å². The van der Waals surface area contributed by atoms with E-state index in [4.69, 9.17) is 4.74 Å². The molecule has 0 unspecified atom stereocenters. The fraction of sp³-hybridized carbons (Fsp3) is 0.158. The highest BCUT2D eigenvalue weighted by atomic mass is 16.5. The van der Waals surface area contributed by atoms with E-state index in [1.54, 1.807) is 6.33 Å². The third-order valence-electron chi connectivity index (χ3n) is 3.58. The molecular weight excluding hydrogens is 302 g/mol. The number of nitrogens with one attached hydrogen (secondary N) is 2. The van der Waals surface area contributed by atoms with Crippen LogP contribution in [0.3, 0.4) is 0 Å². The first-order valence-corrected chi connectivity index (χ1v) is 7.80. The third kappa shape index (κ3) is 4.01. The summed E-state index contributed by atoms with van der Waals surface area (Å²) in [6.45, 7) is 2.07. The number of carbonyl (C=O) groups excluding carboxylic acids is 1. The van der Waals surface area contributed by atoms with Crippen LogP contribution in [0.1, 0.15) is 12.5 Å². The van der Waals surface area contributed by atoms with Crippen molar-refractivity contribution in [3.8, 4) is 17.0 Å². The van der Waals surface area contributed by atoms with Gasteiger partial charge >= 0.3 is 0 Å². The van der Waals surface area contributed by atoms with Crippen LogP contribution in [0.15, 0.2) is 61.1 Å². The SMILES string of the molecule is CC(=O)Nc1ccc(CCOc2ccccc2-c2c[nH]cn2)cc1. The van der Waals surface area contributed by atoms with Crippen molar-refractivity contribution in [2.75, 3.05) is 11.9 Å². The number of aromatic amines is 1. The van der Waals surface area contributed by atoms with Crippen LogP contribution < -0.4 is 10.1 Å². The quantitative estimate of drug-likeness (QED) is 0.728. The minimum Gasteiger partial charge on any atom is -0.493 e. The van der Waals surface area contributed by atoms with E-state index in [0.717, 1.165) is 34.7 Å². The maximum absolute atomic E-state index is 11.0. The molecule has 5 heteroatoms. The van der Waals surface area contributed by atoms with E-state index < -0.39 is 0 Å². The normalized spacial score (nSPS) is 10.4. The summed E-state index contributed by atoms with van der Waals surface area (Å²) < 4.78 is 5.94. The summed E-state index contributed by atoms with van der Waals surface area (Å²) in [5.41, 5.74) is 3.79. The zero-order chi connectivity index (χ0) is 16.8. The number of amides is 1. The van der Waals surface area contributed by atoms with Gasteiger partial charge < -0.3 is 15.0 Å². The number of ether oxygens (including phenoxy) is 1. The van der Waals surface area contributed by atoms with Gasteiger partial charge in [-0.1, -0.05) is 24.3 Å². The van der Waals surface area contributed by atoms with Gasteiger partial charge in [-0.2, -0.15) is 0 Å². The Hall–Kier alpha value is -3.08. The first kappa shape index (κ1) is 15.8. The molecule has 1 aromatic heterocycles. The summed E-state index contributed by atoms with van der Waals surface area (Å²) in [6.07, 6.45) is 4.29. The number of para-hydroxylation sites is 1. The number of nitrogens with zero attached hydrogens (tertiary/aromatic N) is 1. The predicted molar refractivity (Wildman–Crippen MR) is 94.0 cm³/mol. The molecule has 0 bridgehead atoms. The smallest absolute Gasteiger partial charge is 0.221 e. The summed E-state index contributed by atoms with van der Waals surface area (Å²) in [6, 6.07) is 15.6. The Morgan fingerprint density at radius 3 is 2.67 bits per heavy atom. The van der Waals surface area contributed by atoms with Crippen LogP contribution in [-0.2, 0) is 11.2 Å². The van der Waals surface area contributed by atoms with Gasteiger partial charge in [-0.3, -0.25) is 4.79 Å². The second kappa shape index (κ2) is 7.46. The number of anilines is 1. The van der Waals surface area contributed by atoms with Crippen molar-refractivity contribution in [2.24, 2.45) is 0 Å². The van der Waals surface area contributed by atoms with Gasteiger partial charge in [-0.25, -0.2) is 4.98 Å². The molecular formula is C19H19N3O2. The minimum absolute atomic E-state index is 0.0685. The highest BCUT2D eigenvalue weighted by Crippen LogP contribution is 2.27.